The molecule has 5 nitrogen and oxygen atoms in total. The van der Waals surface area contributed by atoms with E-state index in [1.165, 1.54) is 0 Å². The first-order valence-corrected chi connectivity index (χ1v) is 8.29. The van der Waals surface area contributed by atoms with Gasteiger partial charge in [0, 0.05) is 5.92 Å². The summed E-state index contributed by atoms with van der Waals surface area (Å²) >= 11 is 0. The summed E-state index contributed by atoms with van der Waals surface area (Å²) in [5, 5.41) is 0. The number of ether oxygens (including phenoxy) is 1. The van der Waals surface area contributed by atoms with E-state index in [4.69, 9.17) is 4.74 Å². The lowest BCUT2D eigenvalue weighted by molar-refractivity contribution is -0.132. The second-order valence-electron chi connectivity index (χ2n) is 6.50. The maximum atomic E-state index is 11.9. The van der Waals surface area contributed by atoms with Crippen LogP contribution in [-0.4, -0.2) is 18.4 Å². The van der Waals surface area contributed by atoms with Crippen molar-refractivity contribution < 1.29 is 14.3 Å². The van der Waals surface area contributed by atoms with Crippen molar-refractivity contribution in [3.05, 3.63) is 29.3 Å². The molecule has 0 unspecified atom stereocenters. The summed E-state index contributed by atoms with van der Waals surface area (Å²) in [6.07, 6.45) is 3.97. The monoisotopic (exact) mass is 318 g/mol. The minimum atomic E-state index is -0.354. The van der Waals surface area contributed by atoms with Gasteiger partial charge in [-0.15, -0.1) is 0 Å². The van der Waals surface area contributed by atoms with Crippen LogP contribution in [0, 0.1) is 12.8 Å². The van der Waals surface area contributed by atoms with Gasteiger partial charge in [0.05, 0.1) is 0 Å². The molecule has 0 bridgehead atoms. The summed E-state index contributed by atoms with van der Waals surface area (Å²) in [4.78, 5) is 23.7. The Kier molecular flexibility index (Phi) is 6.02. The van der Waals surface area contributed by atoms with Gasteiger partial charge in [0.15, 0.2) is 6.61 Å². The van der Waals surface area contributed by atoms with E-state index >= 15 is 0 Å². The molecule has 1 aromatic carbocycles. The van der Waals surface area contributed by atoms with E-state index in [1.807, 2.05) is 25.1 Å². The molecule has 1 aliphatic rings. The zero-order valence-electron chi connectivity index (χ0n) is 14.1. The first kappa shape index (κ1) is 17.3. The SMILES string of the molecule is Cc1ccc(C(C)C)c(OCC(=O)NNC(=O)C2CCCC2)c1. The van der Waals surface area contributed by atoms with Gasteiger partial charge in [-0.25, -0.2) is 0 Å². The van der Waals surface area contributed by atoms with E-state index in [1.54, 1.807) is 0 Å². The fourth-order valence-electron chi connectivity index (χ4n) is 2.84. The Morgan fingerprint density at radius 1 is 1.22 bits per heavy atom. The topological polar surface area (TPSA) is 67.4 Å². The molecule has 2 N–H and O–H groups in total. The van der Waals surface area contributed by atoms with E-state index in [-0.39, 0.29) is 24.3 Å². The molecular formula is C18H26N2O3. The molecule has 2 rings (SSSR count). The molecule has 0 saturated heterocycles. The zero-order valence-corrected chi connectivity index (χ0v) is 14.1. The van der Waals surface area contributed by atoms with Gasteiger partial charge < -0.3 is 4.74 Å². The van der Waals surface area contributed by atoms with Crippen LogP contribution < -0.4 is 15.6 Å². The Bertz CT molecular complexity index is 563. The van der Waals surface area contributed by atoms with Gasteiger partial charge in [0.25, 0.3) is 5.91 Å². The standard InChI is InChI=1S/C18H26N2O3/c1-12(2)15-9-8-13(3)10-16(15)23-11-17(21)19-20-18(22)14-6-4-5-7-14/h8-10,12,14H,4-7,11H2,1-3H3,(H,19,21)(H,20,22). The third-order valence-corrected chi connectivity index (χ3v) is 4.20. The summed E-state index contributed by atoms with van der Waals surface area (Å²) in [5.74, 6) is 0.607. The number of carbonyl (C=O) groups is 2. The van der Waals surface area contributed by atoms with E-state index in [0.29, 0.717) is 5.92 Å². The largest absolute Gasteiger partial charge is 0.483 e. The lowest BCUT2D eigenvalue weighted by atomic mass is 10.0. The van der Waals surface area contributed by atoms with E-state index in [9.17, 15) is 9.59 Å². The number of hydrogen-bond donors (Lipinski definition) is 2. The highest BCUT2D eigenvalue weighted by atomic mass is 16.5. The van der Waals surface area contributed by atoms with Crippen molar-refractivity contribution in [1.29, 1.82) is 0 Å². The van der Waals surface area contributed by atoms with Crippen molar-refractivity contribution in [2.45, 2.75) is 52.4 Å². The Morgan fingerprint density at radius 2 is 1.91 bits per heavy atom. The first-order valence-electron chi connectivity index (χ1n) is 8.29. The third-order valence-electron chi connectivity index (χ3n) is 4.20. The fraction of sp³-hybridized carbons (Fsp3) is 0.556. The molecule has 126 valence electrons. The summed E-state index contributed by atoms with van der Waals surface area (Å²) in [7, 11) is 0. The smallest absolute Gasteiger partial charge is 0.276 e. The molecule has 23 heavy (non-hydrogen) atoms. The molecule has 0 spiro atoms. The maximum absolute atomic E-state index is 11.9. The predicted octanol–water partition coefficient (Wildman–Crippen LogP) is 2.83. The summed E-state index contributed by atoms with van der Waals surface area (Å²) < 4.78 is 5.64. The van der Waals surface area contributed by atoms with Crippen LogP contribution in [0.15, 0.2) is 18.2 Å². The Morgan fingerprint density at radius 3 is 2.57 bits per heavy atom. The summed E-state index contributed by atoms with van der Waals surface area (Å²) in [6, 6.07) is 5.99. The lowest BCUT2D eigenvalue weighted by Gasteiger charge is -2.15. The molecule has 0 atom stereocenters. The molecule has 1 aromatic rings. The summed E-state index contributed by atoms with van der Waals surface area (Å²) in [5.41, 5.74) is 7.07. The molecule has 0 aromatic heterocycles. The Labute approximate surface area is 137 Å². The van der Waals surface area contributed by atoms with E-state index < -0.39 is 0 Å². The van der Waals surface area contributed by atoms with Gasteiger partial charge >= 0.3 is 0 Å². The fourth-order valence-corrected chi connectivity index (χ4v) is 2.84. The number of rotatable bonds is 5. The van der Waals surface area contributed by atoms with Crippen molar-refractivity contribution in [2.75, 3.05) is 6.61 Å². The van der Waals surface area contributed by atoms with Crippen LogP contribution in [0.4, 0.5) is 0 Å². The second kappa shape index (κ2) is 7.99. The highest BCUT2D eigenvalue weighted by Crippen LogP contribution is 2.27. The molecule has 0 heterocycles. The highest BCUT2D eigenvalue weighted by molar-refractivity contribution is 5.84. The number of hydrazine groups is 1. The van der Waals surface area contributed by atoms with Crippen LogP contribution in [0.25, 0.3) is 0 Å². The van der Waals surface area contributed by atoms with Gasteiger partial charge in [-0.1, -0.05) is 38.8 Å². The van der Waals surface area contributed by atoms with Crippen LogP contribution in [0.5, 0.6) is 5.75 Å². The number of carbonyl (C=O) groups excluding carboxylic acids is 2. The van der Waals surface area contributed by atoms with Crippen molar-refractivity contribution in [3.8, 4) is 5.75 Å². The van der Waals surface area contributed by atoms with Crippen molar-refractivity contribution in [1.82, 2.24) is 10.9 Å². The molecule has 5 heteroatoms. The average Bonchev–Trinajstić information content (AvgIpc) is 3.04. The number of amides is 2. The highest BCUT2D eigenvalue weighted by Gasteiger charge is 2.22. The molecule has 1 aliphatic carbocycles. The minimum absolute atomic E-state index is 0.0283. The predicted molar refractivity (Wildman–Crippen MR) is 89.0 cm³/mol. The molecular weight excluding hydrogens is 292 g/mol. The van der Waals surface area contributed by atoms with Crippen LogP contribution in [-0.2, 0) is 9.59 Å². The zero-order chi connectivity index (χ0) is 16.8. The van der Waals surface area contributed by atoms with Crippen LogP contribution >= 0.6 is 0 Å². The molecule has 0 aliphatic heterocycles. The normalized spacial score (nSPS) is 14.8. The van der Waals surface area contributed by atoms with Crippen molar-refractivity contribution >= 4 is 11.8 Å². The minimum Gasteiger partial charge on any atom is -0.483 e. The van der Waals surface area contributed by atoms with Gasteiger partial charge in [-0.2, -0.15) is 0 Å². The van der Waals surface area contributed by atoms with Gasteiger partial charge in [0.1, 0.15) is 5.75 Å². The van der Waals surface area contributed by atoms with Gasteiger partial charge in [0.2, 0.25) is 5.91 Å². The summed E-state index contributed by atoms with van der Waals surface area (Å²) in [6.45, 7) is 6.03. The number of benzene rings is 1. The van der Waals surface area contributed by atoms with E-state index in [2.05, 4.69) is 24.7 Å². The quantitative estimate of drug-likeness (QED) is 0.820. The molecule has 2 amide bonds. The van der Waals surface area contributed by atoms with Crippen LogP contribution in [0.2, 0.25) is 0 Å². The number of nitrogens with one attached hydrogen (secondary N) is 2. The Hall–Kier alpha value is -2.04. The van der Waals surface area contributed by atoms with Gasteiger partial charge in [-0.05, 0) is 42.9 Å². The van der Waals surface area contributed by atoms with E-state index in [0.717, 1.165) is 42.6 Å². The molecule has 0 radical (unpaired) electrons. The first-order chi connectivity index (χ1) is 11.0. The molecule has 1 saturated carbocycles. The van der Waals surface area contributed by atoms with Crippen molar-refractivity contribution in [2.24, 2.45) is 5.92 Å². The molecule has 1 fully saturated rings. The Balaban J connectivity index is 1.82. The second-order valence-corrected chi connectivity index (χ2v) is 6.50. The average molecular weight is 318 g/mol. The maximum Gasteiger partial charge on any atom is 0.276 e. The number of aryl methyl sites for hydroxylation is 1. The van der Waals surface area contributed by atoms with Crippen LogP contribution in [0.3, 0.4) is 0 Å². The van der Waals surface area contributed by atoms with Crippen LogP contribution in [0.1, 0.15) is 56.6 Å². The third kappa shape index (κ3) is 4.98. The lowest BCUT2D eigenvalue weighted by Crippen LogP contribution is -2.45. The number of hydrogen-bond acceptors (Lipinski definition) is 3. The van der Waals surface area contributed by atoms with Crippen molar-refractivity contribution in [3.63, 3.8) is 0 Å². The van der Waals surface area contributed by atoms with Gasteiger partial charge in [-0.3, -0.25) is 20.4 Å².